The van der Waals surface area contributed by atoms with Crippen LogP contribution in [0.4, 0.5) is 30.5 Å². The van der Waals surface area contributed by atoms with Gasteiger partial charge in [0.05, 0.1) is 10.5 Å². The minimum atomic E-state index is -4.44. The number of benzene rings is 1. The summed E-state index contributed by atoms with van der Waals surface area (Å²) in [7, 11) is 0. The minimum Gasteiger partial charge on any atom is -0.483 e. The van der Waals surface area contributed by atoms with Gasteiger partial charge in [-0.25, -0.2) is 15.0 Å². The van der Waals surface area contributed by atoms with E-state index in [1.165, 1.54) is 18.5 Å². The molecule has 2 aliphatic heterocycles. The standard InChI is InChI=1S/C20H18ClF3N6O/c21-14-6-11(1-3-16(14)31-9-20(22,23)24)28-19-18-15(26-10-27-19)2-4-17(29-18)30-8-12-5-13(30)7-25-12/h1-4,6,10,12-13,25H,5,7-9H2,(H,26,27,28)/t12-,13-/m0/s1. The fourth-order valence-corrected chi connectivity index (χ4v) is 4.25. The number of alkyl halides is 3. The Labute approximate surface area is 180 Å². The summed E-state index contributed by atoms with van der Waals surface area (Å²) in [6.07, 6.45) is -1.90. The summed E-state index contributed by atoms with van der Waals surface area (Å²) in [5, 5.41) is 6.66. The molecule has 0 saturated carbocycles. The maximum Gasteiger partial charge on any atom is 0.422 e. The molecule has 5 rings (SSSR count). The average Bonchev–Trinajstić information content (AvgIpc) is 3.36. The van der Waals surface area contributed by atoms with Crippen LogP contribution < -0.4 is 20.3 Å². The van der Waals surface area contributed by atoms with E-state index in [-0.39, 0.29) is 10.8 Å². The lowest BCUT2D eigenvalue weighted by Crippen LogP contribution is -2.44. The topological polar surface area (TPSA) is 75.2 Å². The molecule has 0 amide bonds. The van der Waals surface area contributed by atoms with Crippen molar-refractivity contribution in [3.05, 3.63) is 41.7 Å². The second-order valence-corrected chi connectivity index (χ2v) is 7.99. The van der Waals surface area contributed by atoms with Gasteiger partial charge in [0.2, 0.25) is 0 Å². The Balaban J connectivity index is 1.40. The highest BCUT2D eigenvalue weighted by molar-refractivity contribution is 6.32. The zero-order valence-corrected chi connectivity index (χ0v) is 16.9. The molecule has 2 N–H and O–H groups in total. The van der Waals surface area contributed by atoms with E-state index < -0.39 is 12.8 Å². The van der Waals surface area contributed by atoms with Crippen molar-refractivity contribution in [3.8, 4) is 5.75 Å². The zero-order chi connectivity index (χ0) is 21.6. The normalized spacial score (nSPS) is 20.5. The molecule has 2 fully saturated rings. The molecule has 11 heteroatoms. The highest BCUT2D eigenvalue weighted by Crippen LogP contribution is 2.33. The van der Waals surface area contributed by atoms with Gasteiger partial charge >= 0.3 is 6.18 Å². The Bertz CT molecular complexity index is 1130. The number of fused-ring (bicyclic) bond motifs is 3. The summed E-state index contributed by atoms with van der Waals surface area (Å²) in [4.78, 5) is 15.7. The summed E-state index contributed by atoms with van der Waals surface area (Å²) in [6, 6.07) is 9.23. The van der Waals surface area contributed by atoms with Gasteiger partial charge in [-0.1, -0.05) is 11.6 Å². The predicted molar refractivity (Wildman–Crippen MR) is 111 cm³/mol. The van der Waals surface area contributed by atoms with Crippen molar-refractivity contribution in [1.82, 2.24) is 20.3 Å². The molecule has 0 spiro atoms. The Morgan fingerprint density at radius 2 is 2.10 bits per heavy atom. The van der Waals surface area contributed by atoms with Crippen LogP contribution in [0.2, 0.25) is 5.02 Å². The number of nitrogens with zero attached hydrogens (tertiary/aromatic N) is 4. The Morgan fingerprint density at radius 1 is 1.23 bits per heavy atom. The van der Waals surface area contributed by atoms with Gasteiger partial charge < -0.3 is 20.3 Å². The van der Waals surface area contributed by atoms with Gasteiger partial charge in [0.25, 0.3) is 0 Å². The molecule has 31 heavy (non-hydrogen) atoms. The predicted octanol–water partition coefficient (Wildman–Crippen LogP) is 3.91. The third-order valence-corrected chi connectivity index (χ3v) is 5.70. The van der Waals surface area contributed by atoms with Crippen molar-refractivity contribution in [2.45, 2.75) is 24.7 Å². The molecule has 0 unspecified atom stereocenters. The highest BCUT2D eigenvalue weighted by Gasteiger charge is 2.38. The molecule has 2 bridgehead atoms. The van der Waals surface area contributed by atoms with Crippen LogP contribution in [-0.2, 0) is 0 Å². The molecule has 2 aromatic heterocycles. The first-order chi connectivity index (χ1) is 14.9. The number of piperazine rings is 1. The molecule has 0 radical (unpaired) electrons. The molecule has 0 aliphatic carbocycles. The van der Waals surface area contributed by atoms with Crippen LogP contribution in [0.25, 0.3) is 11.0 Å². The van der Waals surface area contributed by atoms with E-state index in [4.69, 9.17) is 21.3 Å². The van der Waals surface area contributed by atoms with Crippen LogP contribution in [-0.4, -0.2) is 52.9 Å². The van der Waals surface area contributed by atoms with Crippen molar-refractivity contribution in [3.63, 3.8) is 0 Å². The van der Waals surface area contributed by atoms with Gasteiger partial charge in [-0.2, -0.15) is 13.2 Å². The fourth-order valence-electron chi connectivity index (χ4n) is 4.01. The van der Waals surface area contributed by atoms with Crippen molar-refractivity contribution in [2.24, 2.45) is 0 Å². The number of anilines is 3. The molecule has 4 heterocycles. The van der Waals surface area contributed by atoms with Gasteiger partial charge in [0.1, 0.15) is 23.4 Å². The van der Waals surface area contributed by atoms with E-state index >= 15 is 0 Å². The molecule has 7 nitrogen and oxygen atoms in total. The Morgan fingerprint density at radius 3 is 2.81 bits per heavy atom. The van der Waals surface area contributed by atoms with Gasteiger partial charge in [-0.15, -0.1) is 0 Å². The molecule has 2 aliphatic rings. The first kappa shape index (κ1) is 20.1. The SMILES string of the molecule is FC(F)(F)COc1ccc(Nc2ncnc3ccc(N4C[C@@H]5C[C@H]4CN5)nc23)cc1Cl. The van der Waals surface area contributed by atoms with Crippen LogP contribution >= 0.6 is 11.6 Å². The minimum absolute atomic E-state index is 0.0461. The number of hydrogen-bond donors (Lipinski definition) is 2. The summed E-state index contributed by atoms with van der Waals surface area (Å²) in [6.45, 7) is 0.452. The quantitative estimate of drug-likeness (QED) is 0.610. The van der Waals surface area contributed by atoms with Crippen LogP contribution in [0.5, 0.6) is 5.75 Å². The maximum atomic E-state index is 12.4. The lowest BCUT2D eigenvalue weighted by Gasteiger charge is -2.28. The largest absolute Gasteiger partial charge is 0.483 e. The second kappa shape index (κ2) is 7.69. The summed E-state index contributed by atoms with van der Waals surface area (Å²) < 4.78 is 41.9. The van der Waals surface area contributed by atoms with Crippen LogP contribution in [0.3, 0.4) is 0 Å². The van der Waals surface area contributed by atoms with E-state index in [9.17, 15) is 13.2 Å². The van der Waals surface area contributed by atoms with E-state index in [0.29, 0.717) is 34.6 Å². The molecular formula is C20H18ClF3N6O. The molecular weight excluding hydrogens is 433 g/mol. The van der Waals surface area contributed by atoms with Crippen LogP contribution in [0, 0.1) is 0 Å². The highest BCUT2D eigenvalue weighted by atomic mass is 35.5. The number of rotatable bonds is 5. The van der Waals surface area contributed by atoms with Crippen molar-refractivity contribution in [2.75, 3.05) is 29.9 Å². The van der Waals surface area contributed by atoms with Crippen molar-refractivity contribution >= 4 is 40.0 Å². The number of aromatic nitrogens is 3. The van der Waals surface area contributed by atoms with Crippen molar-refractivity contribution < 1.29 is 17.9 Å². The second-order valence-electron chi connectivity index (χ2n) is 7.58. The number of nitrogens with one attached hydrogen (secondary N) is 2. The number of pyridine rings is 1. The summed E-state index contributed by atoms with van der Waals surface area (Å²) in [5.41, 5.74) is 1.82. The third-order valence-electron chi connectivity index (χ3n) is 5.40. The summed E-state index contributed by atoms with van der Waals surface area (Å²) in [5.74, 6) is 1.30. The third kappa shape index (κ3) is 4.17. The average molecular weight is 451 g/mol. The van der Waals surface area contributed by atoms with Gasteiger partial charge in [0.15, 0.2) is 12.4 Å². The number of hydrogen-bond acceptors (Lipinski definition) is 7. The molecule has 3 aromatic rings. The lowest BCUT2D eigenvalue weighted by atomic mass is 10.2. The Kier molecular flexibility index (Phi) is 4.98. The van der Waals surface area contributed by atoms with Gasteiger partial charge in [-0.05, 0) is 36.8 Å². The van der Waals surface area contributed by atoms with Gasteiger partial charge in [0, 0.05) is 30.9 Å². The lowest BCUT2D eigenvalue weighted by molar-refractivity contribution is -0.153. The molecule has 1 aromatic carbocycles. The monoisotopic (exact) mass is 450 g/mol. The van der Waals surface area contributed by atoms with Crippen LogP contribution in [0.1, 0.15) is 6.42 Å². The number of halogens is 4. The zero-order valence-electron chi connectivity index (χ0n) is 16.2. The van der Waals surface area contributed by atoms with Crippen LogP contribution in [0.15, 0.2) is 36.7 Å². The molecule has 2 atom stereocenters. The Hall–Kier alpha value is -2.85. The van der Waals surface area contributed by atoms with E-state index in [0.717, 1.165) is 25.3 Å². The van der Waals surface area contributed by atoms with E-state index in [2.05, 4.69) is 25.5 Å². The number of ether oxygens (including phenoxy) is 1. The maximum absolute atomic E-state index is 12.4. The molecule has 2 saturated heterocycles. The summed E-state index contributed by atoms with van der Waals surface area (Å²) >= 11 is 6.10. The first-order valence-corrected chi connectivity index (χ1v) is 10.1. The molecule has 162 valence electrons. The smallest absolute Gasteiger partial charge is 0.422 e. The fraction of sp³-hybridized carbons (Fsp3) is 0.350. The van der Waals surface area contributed by atoms with Crippen molar-refractivity contribution in [1.29, 1.82) is 0 Å². The van der Waals surface area contributed by atoms with Gasteiger partial charge in [-0.3, -0.25) is 0 Å². The van der Waals surface area contributed by atoms with E-state index in [1.54, 1.807) is 6.07 Å². The van der Waals surface area contributed by atoms with E-state index in [1.807, 2.05) is 12.1 Å². The first-order valence-electron chi connectivity index (χ1n) is 9.74.